The summed E-state index contributed by atoms with van der Waals surface area (Å²) >= 11 is 0. The summed E-state index contributed by atoms with van der Waals surface area (Å²) < 4.78 is 5.05. The second kappa shape index (κ2) is 7.16. The van der Waals surface area contributed by atoms with Crippen LogP contribution in [0.4, 0.5) is 0 Å². The number of aromatic nitrogens is 2. The predicted octanol–water partition coefficient (Wildman–Crippen LogP) is 1.45. The standard InChI is InChI=1S/C15H15N3O4/c1-10(19)22-14-5-3-2-4-11(14)7-17-13(15(20)21)6-12-8-16-9-18-12/h2-5,7-9,13H,6H2,1H3,(H,16,18)(H,20,21)/t13-/m0/s1. The monoisotopic (exact) mass is 301 g/mol. The van der Waals surface area contributed by atoms with Crippen molar-refractivity contribution in [2.45, 2.75) is 19.4 Å². The first kappa shape index (κ1) is 15.4. The van der Waals surface area contributed by atoms with Gasteiger partial charge in [0.1, 0.15) is 5.75 Å². The average molecular weight is 301 g/mol. The van der Waals surface area contributed by atoms with Gasteiger partial charge in [-0.2, -0.15) is 0 Å². The fourth-order valence-corrected chi connectivity index (χ4v) is 1.81. The highest BCUT2D eigenvalue weighted by Gasteiger charge is 2.17. The number of H-pyrrole nitrogens is 1. The Labute approximate surface area is 126 Å². The molecule has 0 aliphatic rings. The first-order chi connectivity index (χ1) is 10.6. The molecule has 1 atom stereocenters. The zero-order chi connectivity index (χ0) is 15.9. The first-order valence-electron chi connectivity index (χ1n) is 6.57. The number of aromatic amines is 1. The van der Waals surface area contributed by atoms with Crippen molar-refractivity contribution in [3.05, 3.63) is 48.0 Å². The number of imidazole rings is 1. The molecule has 0 aliphatic heterocycles. The van der Waals surface area contributed by atoms with Gasteiger partial charge >= 0.3 is 11.9 Å². The van der Waals surface area contributed by atoms with Crippen LogP contribution in [-0.2, 0) is 16.0 Å². The second-order valence-corrected chi connectivity index (χ2v) is 4.54. The number of aliphatic carboxylic acids is 1. The number of carbonyl (C=O) groups excluding carboxylic acids is 1. The van der Waals surface area contributed by atoms with Crippen molar-refractivity contribution in [2.75, 3.05) is 0 Å². The number of nitrogens with one attached hydrogen (secondary N) is 1. The normalized spacial score (nSPS) is 12.2. The summed E-state index contributed by atoms with van der Waals surface area (Å²) in [6.45, 7) is 1.30. The number of para-hydroxylation sites is 1. The molecule has 0 unspecified atom stereocenters. The Hall–Kier alpha value is -2.96. The van der Waals surface area contributed by atoms with Gasteiger partial charge in [-0.15, -0.1) is 0 Å². The molecule has 0 amide bonds. The topological polar surface area (TPSA) is 105 Å². The number of hydrogen-bond donors (Lipinski definition) is 2. The van der Waals surface area contributed by atoms with Crippen LogP contribution >= 0.6 is 0 Å². The zero-order valence-electron chi connectivity index (χ0n) is 11.9. The lowest BCUT2D eigenvalue weighted by Gasteiger charge is -2.07. The lowest BCUT2D eigenvalue weighted by molar-refractivity contribution is -0.138. The minimum Gasteiger partial charge on any atom is -0.480 e. The van der Waals surface area contributed by atoms with Crippen LogP contribution in [0.2, 0.25) is 0 Å². The highest BCUT2D eigenvalue weighted by molar-refractivity contribution is 5.87. The van der Waals surface area contributed by atoms with Gasteiger partial charge in [-0.1, -0.05) is 12.1 Å². The van der Waals surface area contributed by atoms with Crippen molar-refractivity contribution in [3.63, 3.8) is 0 Å². The molecule has 22 heavy (non-hydrogen) atoms. The molecule has 0 bridgehead atoms. The van der Waals surface area contributed by atoms with E-state index in [4.69, 9.17) is 4.74 Å². The number of aliphatic imine (C=N–C) groups is 1. The highest BCUT2D eigenvalue weighted by atomic mass is 16.5. The maximum absolute atomic E-state index is 11.3. The Bertz CT molecular complexity index is 680. The number of carboxylic acid groups (broad SMARTS) is 1. The van der Waals surface area contributed by atoms with Gasteiger partial charge in [-0.25, -0.2) is 9.78 Å². The maximum Gasteiger partial charge on any atom is 0.328 e. The smallest absolute Gasteiger partial charge is 0.328 e. The average Bonchev–Trinajstić information content (AvgIpc) is 2.97. The fourth-order valence-electron chi connectivity index (χ4n) is 1.81. The molecule has 7 nitrogen and oxygen atoms in total. The van der Waals surface area contributed by atoms with E-state index in [1.54, 1.807) is 30.5 Å². The summed E-state index contributed by atoms with van der Waals surface area (Å²) in [7, 11) is 0. The van der Waals surface area contributed by atoms with Crippen molar-refractivity contribution >= 4 is 18.2 Å². The largest absolute Gasteiger partial charge is 0.480 e. The lowest BCUT2D eigenvalue weighted by Crippen LogP contribution is -2.21. The number of benzene rings is 1. The van der Waals surface area contributed by atoms with Crippen LogP contribution in [0.25, 0.3) is 0 Å². The van der Waals surface area contributed by atoms with Crippen LogP contribution in [-0.4, -0.2) is 39.3 Å². The number of nitrogens with zero attached hydrogens (tertiary/aromatic N) is 2. The molecule has 1 heterocycles. The summed E-state index contributed by atoms with van der Waals surface area (Å²) in [5, 5.41) is 9.23. The van der Waals surface area contributed by atoms with Crippen LogP contribution in [0.15, 0.2) is 41.8 Å². The summed E-state index contributed by atoms with van der Waals surface area (Å²) in [5.74, 6) is -1.16. The van der Waals surface area contributed by atoms with Gasteiger partial charge in [0.05, 0.1) is 6.33 Å². The van der Waals surface area contributed by atoms with E-state index in [0.717, 1.165) is 0 Å². The van der Waals surface area contributed by atoms with E-state index in [1.807, 2.05) is 0 Å². The maximum atomic E-state index is 11.3. The van der Waals surface area contributed by atoms with Gasteiger partial charge in [-0.3, -0.25) is 9.79 Å². The summed E-state index contributed by atoms with van der Waals surface area (Å²) in [6.07, 6.45) is 4.63. The molecule has 0 saturated carbocycles. The molecular weight excluding hydrogens is 286 g/mol. The van der Waals surface area contributed by atoms with E-state index >= 15 is 0 Å². The molecule has 0 spiro atoms. The minimum absolute atomic E-state index is 0.196. The van der Waals surface area contributed by atoms with Crippen molar-refractivity contribution in [3.8, 4) is 5.75 Å². The van der Waals surface area contributed by atoms with Crippen molar-refractivity contribution < 1.29 is 19.4 Å². The summed E-state index contributed by atoms with van der Waals surface area (Å²) in [4.78, 5) is 33.1. The molecule has 2 aromatic rings. The van der Waals surface area contributed by atoms with E-state index in [1.165, 1.54) is 19.5 Å². The second-order valence-electron chi connectivity index (χ2n) is 4.54. The molecule has 2 rings (SSSR count). The Morgan fingerprint density at radius 1 is 1.45 bits per heavy atom. The van der Waals surface area contributed by atoms with Gasteiger partial charge in [0.15, 0.2) is 6.04 Å². The number of carbonyl (C=O) groups is 2. The van der Waals surface area contributed by atoms with Gasteiger partial charge in [0, 0.05) is 37.0 Å². The third kappa shape index (κ3) is 4.27. The van der Waals surface area contributed by atoms with Gasteiger partial charge in [-0.05, 0) is 12.1 Å². The molecule has 2 N–H and O–H groups in total. The van der Waals surface area contributed by atoms with Crippen LogP contribution in [0.5, 0.6) is 5.75 Å². The third-order valence-electron chi connectivity index (χ3n) is 2.82. The van der Waals surface area contributed by atoms with E-state index < -0.39 is 18.0 Å². The van der Waals surface area contributed by atoms with Crippen molar-refractivity contribution in [2.24, 2.45) is 4.99 Å². The van der Waals surface area contributed by atoms with E-state index in [2.05, 4.69) is 15.0 Å². The molecular formula is C15H15N3O4. The Morgan fingerprint density at radius 2 is 2.23 bits per heavy atom. The zero-order valence-corrected chi connectivity index (χ0v) is 11.9. The minimum atomic E-state index is -1.05. The molecule has 1 aromatic carbocycles. The third-order valence-corrected chi connectivity index (χ3v) is 2.82. The number of hydrogen-bond acceptors (Lipinski definition) is 5. The van der Waals surface area contributed by atoms with Crippen molar-refractivity contribution in [1.29, 1.82) is 0 Å². The number of esters is 1. The van der Waals surface area contributed by atoms with Crippen LogP contribution in [0.1, 0.15) is 18.2 Å². The fraction of sp³-hybridized carbons (Fsp3) is 0.200. The molecule has 114 valence electrons. The molecule has 1 aromatic heterocycles. The lowest BCUT2D eigenvalue weighted by atomic mass is 10.1. The first-order valence-corrected chi connectivity index (χ1v) is 6.57. The van der Waals surface area contributed by atoms with Gasteiger partial charge in [0.2, 0.25) is 0 Å². The van der Waals surface area contributed by atoms with Gasteiger partial charge in [0.25, 0.3) is 0 Å². The Balaban J connectivity index is 2.17. The Morgan fingerprint density at radius 3 is 2.86 bits per heavy atom. The summed E-state index contributed by atoms with van der Waals surface area (Å²) in [6, 6.07) is 5.82. The number of ether oxygens (including phenoxy) is 1. The quantitative estimate of drug-likeness (QED) is 0.477. The SMILES string of the molecule is CC(=O)Oc1ccccc1C=N[C@@H](Cc1cnc[nH]1)C(=O)O. The number of rotatable bonds is 6. The van der Waals surface area contributed by atoms with E-state index in [0.29, 0.717) is 17.0 Å². The molecule has 0 aliphatic carbocycles. The molecule has 7 heteroatoms. The molecule has 0 fully saturated rings. The Kier molecular flexibility index (Phi) is 5.02. The van der Waals surface area contributed by atoms with Crippen LogP contribution < -0.4 is 4.74 Å². The van der Waals surface area contributed by atoms with Crippen LogP contribution in [0, 0.1) is 0 Å². The van der Waals surface area contributed by atoms with Gasteiger partial charge < -0.3 is 14.8 Å². The summed E-state index contributed by atoms with van der Waals surface area (Å²) in [5.41, 5.74) is 1.21. The number of carboxylic acids is 1. The molecule has 0 radical (unpaired) electrons. The highest BCUT2D eigenvalue weighted by Crippen LogP contribution is 2.16. The van der Waals surface area contributed by atoms with Crippen molar-refractivity contribution in [1.82, 2.24) is 9.97 Å². The predicted molar refractivity (Wildman–Crippen MR) is 79.1 cm³/mol. The van der Waals surface area contributed by atoms with Crippen LogP contribution in [0.3, 0.4) is 0 Å². The molecule has 0 saturated heterocycles. The van der Waals surface area contributed by atoms with E-state index in [-0.39, 0.29) is 6.42 Å². The van der Waals surface area contributed by atoms with E-state index in [9.17, 15) is 14.7 Å².